The summed E-state index contributed by atoms with van der Waals surface area (Å²) in [5.74, 6) is 0.920. The summed E-state index contributed by atoms with van der Waals surface area (Å²) in [6, 6.07) is 8.17. The summed E-state index contributed by atoms with van der Waals surface area (Å²) in [5, 5.41) is 8.05. The molecule has 16 nitrogen and oxygen atoms in total. The van der Waals surface area contributed by atoms with Crippen LogP contribution in [0.1, 0.15) is 97.9 Å². The third-order valence-corrected chi connectivity index (χ3v) is 12.7. The Morgan fingerprint density at radius 3 is 1.46 bits per heavy atom. The van der Waals surface area contributed by atoms with Crippen LogP contribution in [-0.2, 0) is 46.2 Å². The van der Waals surface area contributed by atoms with E-state index in [1.807, 2.05) is 12.1 Å². The molecule has 0 aromatic heterocycles. The van der Waals surface area contributed by atoms with E-state index in [-0.39, 0.29) is 60.1 Å². The number of ether oxygens (including phenoxy) is 4. The van der Waals surface area contributed by atoms with Gasteiger partial charge in [-0.15, -0.1) is 0 Å². The second-order valence-corrected chi connectivity index (χ2v) is 19.1. The highest BCUT2D eigenvalue weighted by Gasteiger charge is 2.57. The van der Waals surface area contributed by atoms with Crippen LogP contribution in [-0.4, -0.2) is 76.6 Å². The Morgan fingerprint density at radius 1 is 0.684 bits per heavy atom. The number of hydrogen-bond acceptors (Lipinski definition) is 14. The first-order valence-corrected chi connectivity index (χ1v) is 21.5. The quantitative estimate of drug-likeness (QED) is 0.0558. The first kappa shape index (κ1) is 41.8. The minimum atomic E-state index is -4.44. The van der Waals surface area contributed by atoms with Crippen LogP contribution in [0.5, 0.6) is 34.5 Å². The van der Waals surface area contributed by atoms with Gasteiger partial charge in [0.05, 0.1) is 45.6 Å². The van der Waals surface area contributed by atoms with E-state index in [1.54, 1.807) is 28.1 Å². The van der Waals surface area contributed by atoms with Crippen molar-refractivity contribution in [3.63, 3.8) is 0 Å². The van der Waals surface area contributed by atoms with E-state index in [9.17, 15) is 25.9 Å². The summed E-state index contributed by atoms with van der Waals surface area (Å²) < 4.78 is 91.4. The van der Waals surface area contributed by atoms with E-state index in [0.717, 1.165) is 29.5 Å². The minimum absolute atomic E-state index is 0.0945. The molecule has 0 amide bonds. The minimum Gasteiger partial charge on any atom is -0.748 e. The van der Waals surface area contributed by atoms with Crippen molar-refractivity contribution in [2.45, 2.75) is 83.5 Å². The summed E-state index contributed by atoms with van der Waals surface area (Å²) in [6.45, 7) is 12.0. The van der Waals surface area contributed by atoms with Gasteiger partial charge in [-0.05, 0) is 108 Å². The van der Waals surface area contributed by atoms with Gasteiger partial charge in [0.2, 0.25) is 0 Å². The number of methoxy groups -OCH3 is 2. The average Bonchev–Trinajstić information content (AvgIpc) is 3.46. The van der Waals surface area contributed by atoms with Gasteiger partial charge in [0.1, 0.15) is 13.2 Å². The fourth-order valence-electron chi connectivity index (χ4n) is 8.69. The normalized spacial score (nSPS) is 19.2. The number of fused-ring (bicyclic) bond motifs is 6. The molecule has 2 aliphatic carbocycles. The number of rotatable bonds is 14. The van der Waals surface area contributed by atoms with Crippen LogP contribution in [0.4, 0.5) is 0 Å². The third kappa shape index (κ3) is 7.91. The summed E-state index contributed by atoms with van der Waals surface area (Å²) >= 11 is 0. The highest BCUT2D eigenvalue weighted by molar-refractivity contribution is 7.85. The van der Waals surface area contributed by atoms with Crippen molar-refractivity contribution in [3.05, 3.63) is 68.8 Å². The maximum Gasteiger partial charge on any atom is 0.182 e. The predicted octanol–water partition coefficient (Wildman–Crippen LogP) is 5.01. The van der Waals surface area contributed by atoms with Gasteiger partial charge in [-0.2, -0.15) is 0 Å². The van der Waals surface area contributed by atoms with Crippen molar-refractivity contribution in [1.82, 2.24) is 0 Å². The summed E-state index contributed by atoms with van der Waals surface area (Å²) in [6.07, 6.45) is 1.41. The van der Waals surface area contributed by atoms with Crippen molar-refractivity contribution in [2.24, 2.45) is 21.8 Å². The summed E-state index contributed by atoms with van der Waals surface area (Å²) in [5.41, 5.74) is 18.3. The van der Waals surface area contributed by atoms with Crippen LogP contribution >= 0.6 is 0 Å². The number of nitrogens with zero attached hydrogens (tertiary/aromatic N) is 2. The Kier molecular flexibility index (Phi) is 10.9. The van der Waals surface area contributed by atoms with E-state index in [4.69, 9.17) is 40.1 Å². The molecule has 57 heavy (non-hydrogen) atoms. The van der Waals surface area contributed by atoms with Gasteiger partial charge in [-0.25, -0.2) is 16.8 Å². The molecule has 0 radical (unpaired) electrons. The van der Waals surface area contributed by atoms with Gasteiger partial charge in [0.15, 0.2) is 46.2 Å². The molecular weight excluding hydrogens is 781 g/mol. The molecule has 1 spiro atoms. The van der Waals surface area contributed by atoms with Gasteiger partial charge in [0.25, 0.3) is 0 Å². The van der Waals surface area contributed by atoms with Gasteiger partial charge >= 0.3 is 0 Å². The molecule has 0 saturated carbocycles. The molecule has 1 heterocycles. The number of benzene rings is 3. The molecule has 1 atom stereocenters. The fourth-order valence-corrected chi connectivity index (χ4v) is 9.64. The zero-order valence-electron chi connectivity index (χ0n) is 33.2. The van der Waals surface area contributed by atoms with Crippen LogP contribution in [0.15, 0.2) is 34.6 Å². The Morgan fingerprint density at radius 2 is 1.05 bits per heavy atom. The smallest absolute Gasteiger partial charge is 0.182 e. The molecule has 0 saturated heterocycles. The molecule has 3 aliphatic rings. The van der Waals surface area contributed by atoms with Crippen LogP contribution in [0.3, 0.4) is 0 Å². The van der Waals surface area contributed by atoms with E-state index in [0.29, 0.717) is 45.3 Å². The van der Waals surface area contributed by atoms with E-state index in [2.05, 4.69) is 50.1 Å². The van der Waals surface area contributed by atoms with Gasteiger partial charge < -0.3 is 49.2 Å². The van der Waals surface area contributed by atoms with Crippen molar-refractivity contribution in [3.8, 4) is 34.5 Å². The lowest BCUT2D eigenvalue weighted by Gasteiger charge is -2.31. The lowest BCUT2D eigenvalue weighted by molar-refractivity contribution is 0.144. The van der Waals surface area contributed by atoms with Crippen molar-refractivity contribution < 1.29 is 54.6 Å². The zero-order valence-corrected chi connectivity index (χ0v) is 34.9. The molecule has 0 bridgehead atoms. The molecule has 0 fully saturated rings. The Labute approximate surface area is 333 Å². The number of nitrogens with two attached hydrogens (primary N) is 2. The molecule has 3 aromatic carbocycles. The Bertz CT molecular complexity index is 2410. The standard InChI is InChI=1S/C39H50N4O12S2/c1-21-22(2)32(36(41)43-53-12-10-14-57(47,48)49)34-33(31(21)35(40)42-52-11-9-13-56(44,45)46)54-29-16-24-26(18-30(29)55-34)39(20-38(24,5)6)19-37(3,4)23-15-27(50-7)28(51-8)17-25(23)39/h15-18H,9-14,19-20H2,1-8H3,(H2,40,42)(H2,41,43)(H,44,45,46)(H,47,48,49)/p-2. The van der Waals surface area contributed by atoms with E-state index in [1.165, 1.54) is 5.56 Å². The van der Waals surface area contributed by atoms with Crippen molar-refractivity contribution >= 4 is 31.9 Å². The highest BCUT2D eigenvalue weighted by atomic mass is 32.2. The summed E-state index contributed by atoms with van der Waals surface area (Å²) in [4.78, 5) is 10.6. The zero-order chi connectivity index (χ0) is 41.9. The van der Waals surface area contributed by atoms with E-state index >= 15 is 0 Å². The van der Waals surface area contributed by atoms with Crippen molar-refractivity contribution in [1.29, 1.82) is 0 Å². The second kappa shape index (κ2) is 14.9. The number of hydrogen-bond donors (Lipinski definition) is 2. The monoisotopic (exact) mass is 828 g/mol. The number of amidine groups is 2. The average molecular weight is 829 g/mol. The molecule has 310 valence electrons. The van der Waals surface area contributed by atoms with E-state index < -0.39 is 37.2 Å². The molecule has 18 heteroatoms. The molecular formula is C39H48N4O12S2-2. The largest absolute Gasteiger partial charge is 0.748 e. The molecule has 3 aromatic rings. The number of oxime groups is 2. The molecule has 4 N–H and O–H groups in total. The lowest BCUT2D eigenvalue weighted by atomic mass is 9.72. The van der Waals surface area contributed by atoms with Gasteiger partial charge in [-0.3, -0.25) is 0 Å². The first-order valence-electron chi connectivity index (χ1n) is 18.3. The fraction of sp³-hybridized carbons (Fsp3) is 0.487. The summed E-state index contributed by atoms with van der Waals surface area (Å²) in [7, 11) is -5.62. The maximum absolute atomic E-state index is 11.1. The van der Waals surface area contributed by atoms with Crippen LogP contribution in [0.2, 0.25) is 0 Å². The topological polar surface area (TPSA) is 247 Å². The first-order chi connectivity index (χ1) is 26.5. The highest BCUT2D eigenvalue weighted by Crippen LogP contribution is 2.66. The van der Waals surface area contributed by atoms with Crippen molar-refractivity contribution in [2.75, 3.05) is 38.9 Å². The second-order valence-electron chi connectivity index (χ2n) is 16.0. The third-order valence-electron chi connectivity index (χ3n) is 11.1. The van der Waals surface area contributed by atoms with Crippen LogP contribution in [0.25, 0.3) is 0 Å². The van der Waals surface area contributed by atoms with Gasteiger partial charge in [0, 0.05) is 16.9 Å². The SMILES string of the molecule is COc1cc2c(cc1OC)C1(CC2(C)C)CC(C)(C)c2cc3c(cc21)Oc1c(c(/C(N)=N/OCCCS(=O)(=O)[O-])c(C)c(C)c1/C(N)=N/OCCCS(=O)(=O)[O-])O3. The molecule has 1 unspecified atom stereocenters. The maximum atomic E-state index is 11.1. The van der Waals surface area contributed by atoms with Crippen LogP contribution < -0.4 is 30.4 Å². The lowest BCUT2D eigenvalue weighted by Crippen LogP contribution is -2.27. The van der Waals surface area contributed by atoms with Gasteiger partial charge in [-0.1, -0.05) is 38.0 Å². The molecule has 1 aliphatic heterocycles. The molecule has 6 rings (SSSR count). The Balaban J connectivity index is 1.47. The predicted molar refractivity (Wildman–Crippen MR) is 210 cm³/mol. The Hall–Kier alpha value is -4.78. The van der Waals surface area contributed by atoms with Crippen LogP contribution in [0, 0.1) is 13.8 Å².